The molecule has 24 heavy (non-hydrogen) atoms. The van der Waals surface area contributed by atoms with E-state index in [0.717, 1.165) is 16.7 Å². The molecule has 2 aromatic carbocycles. The van der Waals surface area contributed by atoms with E-state index >= 15 is 0 Å². The Bertz CT molecular complexity index is 978. The molecule has 0 aliphatic carbocycles. The molecule has 0 aliphatic rings. The molecule has 3 aromatic rings. The molecule has 10 heteroatoms. The Morgan fingerprint density at radius 2 is 1.67 bits per heavy atom. The summed E-state index contributed by atoms with van der Waals surface area (Å²) in [6.07, 6.45) is 1.25. The summed E-state index contributed by atoms with van der Waals surface area (Å²) >= 11 is 5.68. The number of benzene rings is 2. The van der Waals surface area contributed by atoms with Gasteiger partial charge in [0.1, 0.15) is 6.33 Å². The second kappa shape index (κ2) is 5.70. The zero-order chi connectivity index (χ0) is 17.4. The van der Waals surface area contributed by atoms with Gasteiger partial charge in [0.25, 0.3) is 17.3 Å². The number of aromatic nitrogens is 2. The highest BCUT2D eigenvalue weighted by Gasteiger charge is 2.28. The lowest BCUT2D eigenvalue weighted by Gasteiger charge is -2.05. The monoisotopic (exact) mass is 346 g/mol. The van der Waals surface area contributed by atoms with Gasteiger partial charge in [-0.15, -0.1) is 0 Å². The fraction of sp³-hybridized carbons (Fsp3) is 0. The number of nitrogens with zero attached hydrogens (tertiary/aromatic N) is 4. The smallest absolute Gasteiger partial charge is 0.268 e. The Kier molecular flexibility index (Phi) is 3.70. The summed E-state index contributed by atoms with van der Waals surface area (Å²) in [4.78, 5) is 37.0. The molecule has 0 fully saturated rings. The van der Waals surface area contributed by atoms with E-state index in [2.05, 4.69) is 4.98 Å². The number of nitro benzene ring substituents is 2. The Morgan fingerprint density at radius 1 is 1.08 bits per heavy atom. The second-order valence-corrected chi connectivity index (χ2v) is 5.13. The summed E-state index contributed by atoms with van der Waals surface area (Å²) in [5, 5.41) is 21.4. The van der Waals surface area contributed by atoms with Gasteiger partial charge in [0.15, 0.2) is 5.02 Å². The summed E-state index contributed by atoms with van der Waals surface area (Å²) in [6.45, 7) is 0. The van der Waals surface area contributed by atoms with Crippen LogP contribution in [-0.2, 0) is 0 Å². The maximum absolute atomic E-state index is 12.6. The van der Waals surface area contributed by atoms with Crippen LogP contribution in [0.4, 0.5) is 11.4 Å². The van der Waals surface area contributed by atoms with Gasteiger partial charge in [0, 0.05) is 12.1 Å². The van der Waals surface area contributed by atoms with Crippen LogP contribution in [-0.4, -0.2) is 25.3 Å². The molecule has 0 saturated heterocycles. The number of rotatable bonds is 3. The van der Waals surface area contributed by atoms with Gasteiger partial charge in [0.2, 0.25) is 0 Å². The molecule has 1 aromatic heterocycles. The van der Waals surface area contributed by atoms with E-state index in [-0.39, 0.29) is 5.56 Å². The predicted octanol–water partition coefficient (Wildman–Crippen LogP) is 3.19. The van der Waals surface area contributed by atoms with Crippen LogP contribution >= 0.6 is 11.6 Å². The number of fused-ring (bicyclic) bond motifs is 1. The highest BCUT2D eigenvalue weighted by molar-refractivity contribution is 6.35. The van der Waals surface area contributed by atoms with Crippen LogP contribution in [0.5, 0.6) is 0 Å². The highest BCUT2D eigenvalue weighted by Crippen LogP contribution is 2.35. The van der Waals surface area contributed by atoms with Gasteiger partial charge in [-0.1, -0.05) is 23.7 Å². The van der Waals surface area contributed by atoms with Gasteiger partial charge >= 0.3 is 0 Å². The molecule has 9 nitrogen and oxygen atoms in total. The summed E-state index contributed by atoms with van der Waals surface area (Å²) in [7, 11) is 0. The Morgan fingerprint density at radius 3 is 2.25 bits per heavy atom. The molecule has 3 rings (SSSR count). The minimum absolute atomic E-state index is 0.235. The number of hydrogen-bond donors (Lipinski definition) is 0. The van der Waals surface area contributed by atoms with Crippen molar-refractivity contribution in [2.24, 2.45) is 0 Å². The highest BCUT2D eigenvalue weighted by atomic mass is 35.5. The average Bonchev–Trinajstić information content (AvgIpc) is 2.97. The lowest BCUT2D eigenvalue weighted by Crippen LogP contribution is -2.12. The molecule has 0 unspecified atom stereocenters. The SMILES string of the molecule is O=C(c1cc([N+](=O)[O-])c(Cl)c([N+](=O)[O-])c1)n1cnc2ccccc21. The van der Waals surface area contributed by atoms with Crippen molar-refractivity contribution in [1.82, 2.24) is 9.55 Å². The van der Waals surface area contributed by atoms with Crippen LogP contribution in [0.1, 0.15) is 10.4 Å². The maximum atomic E-state index is 12.6. The molecule has 0 N–H and O–H groups in total. The van der Waals surface area contributed by atoms with Gasteiger partial charge in [-0.05, 0) is 12.1 Å². The normalized spacial score (nSPS) is 10.7. The number of nitro groups is 2. The topological polar surface area (TPSA) is 121 Å². The molecule has 0 amide bonds. The first-order valence-electron chi connectivity index (χ1n) is 6.49. The second-order valence-electron chi connectivity index (χ2n) is 4.75. The molecule has 0 aliphatic heterocycles. The molecule has 0 radical (unpaired) electrons. The molecule has 120 valence electrons. The van der Waals surface area contributed by atoms with Crippen molar-refractivity contribution in [3.8, 4) is 0 Å². The molecule has 0 spiro atoms. The third kappa shape index (κ3) is 2.46. The number of carbonyl (C=O) groups is 1. The third-order valence-electron chi connectivity index (χ3n) is 3.35. The number of halogens is 1. The van der Waals surface area contributed by atoms with Crippen molar-refractivity contribution in [2.45, 2.75) is 0 Å². The van der Waals surface area contributed by atoms with Crippen molar-refractivity contribution in [2.75, 3.05) is 0 Å². The first-order valence-corrected chi connectivity index (χ1v) is 6.87. The van der Waals surface area contributed by atoms with Crippen LogP contribution < -0.4 is 0 Å². The third-order valence-corrected chi connectivity index (χ3v) is 3.73. The fourth-order valence-electron chi connectivity index (χ4n) is 2.24. The number of imidazole rings is 1. The Balaban J connectivity index is 2.20. The zero-order valence-corrected chi connectivity index (χ0v) is 12.5. The van der Waals surface area contributed by atoms with Gasteiger partial charge in [-0.2, -0.15) is 0 Å². The van der Waals surface area contributed by atoms with Gasteiger partial charge in [-0.25, -0.2) is 4.98 Å². The summed E-state index contributed by atoms with van der Waals surface area (Å²) in [6, 6.07) is 8.58. The van der Waals surface area contributed by atoms with E-state index in [4.69, 9.17) is 11.6 Å². The first-order chi connectivity index (χ1) is 11.4. The largest absolute Gasteiger partial charge is 0.295 e. The predicted molar refractivity (Wildman–Crippen MR) is 84.2 cm³/mol. The molecule has 1 heterocycles. The summed E-state index contributed by atoms with van der Waals surface area (Å²) in [5.74, 6) is -0.688. The molecule has 0 atom stereocenters. The first kappa shape index (κ1) is 15.6. The quantitative estimate of drug-likeness (QED) is 0.530. The lowest BCUT2D eigenvalue weighted by atomic mass is 10.1. The van der Waals surface area contributed by atoms with E-state index in [1.165, 1.54) is 6.33 Å². The minimum Gasteiger partial charge on any atom is -0.268 e. The summed E-state index contributed by atoms with van der Waals surface area (Å²) < 4.78 is 1.16. The van der Waals surface area contributed by atoms with E-state index in [1.54, 1.807) is 24.3 Å². The molecule has 0 bridgehead atoms. The standard InChI is InChI=1S/C14H7ClN4O5/c15-13-11(18(21)22)5-8(6-12(13)19(23)24)14(20)17-7-16-9-3-1-2-4-10(9)17/h1-7H. The number of carbonyl (C=O) groups excluding carboxylic acids is 1. The van der Waals surface area contributed by atoms with E-state index in [9.17, 15) is 25.0 Å². The van der Waals surface area contributed by atoms with Gasteiger partial charge in [-0.3, -0.25) is 29.6 Å². The van der Waals surface area contributed by atoms with Crippen molar-refractivity contribution in [3.05, 3.63) is 73.5 Å². The van der Waals surface area contributed by atoms with Crippen LogP contribution in [0.25, 0.3) is 11.0 Å². The minimum atomic E-state index is -0.877. The fourth-order valence-corrected chi connectivity index (χ4v) is 2.49. The number of para-hydroxylation sites is 2. The van der Waals surface area contributed by atoms with E-state index in [0.29, 0.717) is 11.0 Å². The maximum Gasteiger partial charge on any atom is 0.295 e. The molecular formula is C14H7ClN4O5. The van der Waals surface area contributed by atoms with Gasteiger partial charge < -0.3 is 0 Å². The average molecular weight is 347 g/mol. The number of hydrogen-bond acceptors (Lipinski definition) is 6. The van der Waals surface area contributed by atoms with Crippen LogP contribution in [0.2, 0.25) is 5.02 Å². The van der Waals surface area contributed by atoms with E-state index < -0.39 is 32.2 Å². The van der Waals surface area contributed by atoms with Crippen molar-refractivity contribution in [1.29, 1.82) is 0 Å². The molecular weight excluding hydrogens is 340 g/mol. The van der Waals surface area contributed by atoms with Gasteiger partial charge in [0.05, 0.1) is 26.4 Å². The van der Waals surface area contributed by atoms with Crippen molar-refractivity contribution < 1.29 is 14.6 Å². The Labute approximate surface area is 138 Å². The van der Waals surface area contributed by atoms with Crippen LogP contribution in [0, 0.1) is 20.2 Å². The zero-order valence-electron chi connectivity index (χ0n) is 11.7. The van der Waals surface area contributed by atoms with E-state index in [1.807, 2.05) is 0 Å². The van der Waals surface area contributed by atoms with Crippen molar-refractivity contribution >= 4 is 39.9 Å². The molecule has 0 saturated carbocycles. The van der Waals surface area contributed by atoms with Crippen molar-refractivity contribution in [3.63, 3.8) is 0 Å². The van der Waals surface area contributed by atoms with Crippen LogP contribution in [0.15, 0.2) is 42.7 Å². The Hall–Kier alpha value is -3.33. The lowest BCUT2D eigenvalue weighted by molar-refractivity contribution is -0.393. The summed E-state index contributed by atoms with van der Waals surface area (Å²) in [5.41, 5.74) is -0.634. The van der Waals surface area contributed by atoms with Crippen LogP contribution in [0.3, 0.4) is 0 Å².